The third-order valence-electron chi connectivity index (χ3n) is 5.64. The first-order valence-corrected chi connectivity index (χ1v) is 11.6. The third-order valence-corrected chi connectivity index (χ3v) is 5.64. The number of nitrogens with one attached hydrogen (secondary N) is 4. The number of hydrogen-bond acceptors (Lipinski definition) is 6. The molecule has 11 heteroatoms. The van der Waals surface area contributed by atoms with Gasteiger partial charge in [-0.25, -0.2) is 4.98 Å². The van der Waals surface area contributed by atoms with E-state index in [9.17, 15) is 19.2 Å². The topological polar surface area (TPSA) is 143 Å². The molecule has 3 rings (SSSR count). The van der Waals surface area contributed by atoms with Crippen LogP contribution in [-0.4, -0.2) is 65.0 Å². The fourth-order valence-electron chi connectivity index (χ4n) is 3.69. The van der Waals surface area contributed by atoms with Crippen molar-refractivity contribution in [1.82, 2.24) is 30.8 Å². The summed E-state index contributed by atoms with van der Waals surface area (Å²) >= 11 is 0. The molecule has 0 radical (unpaired) electrons. The number of imidazole rings is 1. The Kier molecular flexibility index (Phi) is 8.82. The van der Waals surface area contributed by atoms with E-state index in [1.165, 1.54) is 0 Å². The van der Waals surface area contributed by atoms with Crippen molar-refractivity contribution in [2.24, 2.45) is 5.92 Å². The fraction of sp³-hybridized carbons (Fsp3) is 0.458. The molecule has 0 bridgehead atoms. The number of carbonyl (C=O) groups excluding carboxylic acids is 4. The molecule has 35 heavy (non-hydrogen) atoms. The number of fused-ring (bicyclic) bond motifs is 1. The minimum atomic E-state index is -1.15. The predicted molar refractivity (Wildman–Crippen MR) is 128 cm³/mol. The molecule has 4 amide bonds. The van der Waals surface area contributed by atoms with Crippen molar-refractivity contribution in [3.05, 3.63) is 48.0 Å². The highest BCUT2D eigenvalue weighted by Gasteiger charge is 2.29. The zero-order valence-electron chi connectivity index (χ0n) is 20.2. The first-order valence-electron chi connectivity index (χ1n) is 11.6. The zero-order chi connectivity index (χ0) is 25.4. The van der Waals surface area contributed by atoms with Crippen LogP contribution in [0.4, 0.5) is 0 Å². The Balaban J connectivity index is 1.80. The summed E-state index contributed by atoms with van der Waals surface area (Å²) in [5, 5.41) is 10.9. The molecule has 1 aromatic carbocycles. The van der Waals surface area contributed by atoms with Gasteiger partial charge < -0.3 is 30.6 Å². The fourth-order valence-corrected chi connectivity index (χ4v) is 3.69. The minimum Gasteiger partial charge on any atom is -0.491 e. The van der Waals surface area contributed by atoms with Crippen molar-refractivity contribution in [3.63, 3.8) is 0 Å². The molecule has 11 nitrogen and oxygen atoms in total. The number of aromatic nitrogens is 2. The number of rotatable bonds is 5. The molecule has 0 spiro atoms. The summed E-state index contributed by atoms with van der Waals surface area (Å²) in [5.74, 6) is -0.985. The monoisotopic (exact) mass is 484 g/mol. The van der Waals surface area contributed by atoms with Crippen molar-refractivity contribution in [2.75, 3.05) is 19.7 Å². The van der Waals surface area contributed by atoms with Gasteiger partial charge in [0.2, 0.25) is 17.7 Å². The Bertz CT molecular complexity index is 1070. The van der Waals surface area contributed by atoms with Gasteiger partial charge in [0.15, 0.2) is 0 Å². The molecular formula is C24H32N6O5. The summed E-state index contributed by atoms with van der Waals surface area (Å²) < 4.78 is 7.58. The Hall–Kier alpha value is -3.89. The molecule has 1 aromatic heterocycles. The minimum absolute atomic E-state index is 0.131. The van der Waals surface area contributed by atoms with Crippen LogP contribution < -0.4 is 26.0 Å². The van der Waals surface area contributed by atoms with E-state index in [0.29, 0.717) is 12.3 Å². The second kappa shape index (κ2) is 12.0. The lowest BCUT2D eigenvalue weighted by atomic mass is 10.0. The highest BCUT2D eigenvalue weighted by molar-refractivity contribution is 6.01. The molecule has 2 aromatic rings. The van der Waals surface area contributed by atoms with E-state index in [2.05, 4.69) is 26.3 Å². The van der Waals surface area contributed by atoms with E-state index >= 15 is 0 Å². The highest BCUT2D eigenvalue weighted by Crippen LogP contribution is 2.18. The molecule has 2 atom stereocenters. The van der Waals surface area contributed by atoms with Crippen LogP contribution >= 0.6 is 0 Å². The summed E-state index contributed by atoms with van der Waals surface area (Å²) in [4.78, 5) is 55.6. The average molecular weight is 485 g/mol. The van der Waals surface area contributed by atoms with Crippen molar-refractivity contribution in [3.8, 4) is 5.75 Å². The summed E-state index contributed by atoms with van der Waals surface area (Å²) in [6.07, 6.45) is 3.13. The maximum Gasteiger partial charge on any atom is 0.255 e. The van der Waals surface area contributed by atoms with Crippen LogP contribution in [0.2, 0.25) is 0 Å². The van der Waals surface area contributed by atoms with Gasteiger partial charge in [-0.2, -0.15) is 0 Å². The van der Waals surface area contributed by atoms with Crippen LogP contribution in [0.3, 0.4) is 0 Å². The number of carbonyl (C=O) groups is 4. The van der Waals surface area contributed by atoms with E-state index in [0.717, 1.165) is 5.82 Å². The molecule has 0 aliphatic carbocycles. The smallest absolute Gasteiger partial charge is 0.255 e. The van der Waals surface area contributed by atoms with Gasteiger partial charge in [0.1, 0.15) is 30.3 Å². The largest absolute Gasteiger partial charge is 0.491 e. The van der Waals surface area contributed by atoms with Gasteiger partial charge in [-0.1, -0.05) is 26.0 Å². The van der Waals surface area contributed by atoms with Crippen molar-refractivity contribution in [1.29, 1.82) is 0 Å². The van der Waals surface area contributed by atoms with Crippen molar-refractivity contribution >= 4 is 23.6 Å². The van der Waals surface area contributed by atoms with Gasteiger partial charge in [0.25, 0.3) is 5.91 Å². The van der Waals surface area contributed by atoms with E-state index in [1.54, 1.807) is 36.7 Å². The first-order chi connectivity index (χ1) is 16.8. The van der Waals surface area contributed by atoms with Crippen LogP contribution in [0.5, 0.6) is 5.75 Å². The normalized spacial score (nSPS) is 19.5. The zero-order valence-corrected chi connectivity index (χ0v) is 20.2. The summed E-state index contributed by atoms with van der Waals surface area (Å²) in [5.41, 5.74) is 0.225. The van der Waals surface area contributed by atoms with E-state index in [-0.39, 0.29) is 43.5 Å². The van der Waals surface area contributed by atoms with Gasteiger partial charge >= 0.3 is 0 Å². The first kappa shape index (κ1) is 25.7. The maximum absolute atomic E-state index is 13.0. The van der Waals surface area contributed by atoms with Gasteiger partial charge in [-0.15, -0.1) is 0 Å². The van der Waals surface area contributed by atoms with Crippen LogP contribution in [-0.2, 0) is 20.9 Å². The Labute approximate surface area is 204 Å². The Morgan fingerprint density at radius 3 is 2.71 bits per heavy atom. The molecule has 1 aliphatic heterocycles. The predicted octanol–water partition coefficient (Wildman–Crippen LogP) is 0.146. The van der Waals surface area contributed by atoms with Crippen molar-refractivity contribution in [2.45, 2.75) is 45.8 Å². The molecule has 4 N–H and O–H groups in total. The SMILES string of the molecule is Cc1nccn1CCNC(=O)[C@@H]1CC(=O)N[C@@H](C(C)C)C(=O)NCCOc2ccccc2C(=O)N1. The number of nitrogens with zero attached hydrogens (tertiary/aromatic N) is 2. The molecule has 0 fully saturated rings. The number of aryl methyl sites for hydroxylation is 1. The standard InChI is InChI=1S/C24H32N6O5/c1-15(2)21-24(34)27-10-13-35-19-7-5-4-6-17(19)22(32)28-18(14-20(31)29-21)23(33)26-9-12-30-11-8-25-16(30)3/h4-8,11,15,18,21H,9-10,12-14H2,1-3H3,(H,26,33)(H,27,34)(H,28,32)(H,29,31)/t18-,21-/m0/s1. The van der Waals surface area contributed by atoms with Crippen molar-refractivity contribution < 1.29 is 23.9 Å². The van der Waals surface area contributed by atoms with E-state index < -0.39 is 29.8 Å². The molecule has 0 saturated heterocycles. The summed E-state index contributed by atoms with van der Waals surface area (Å²) in [6, 6.07) is 4.66. The van der Waals surface area contributed by atoms with Crippen LogP contribution in [0.1, 0.15) is 36.5 Å². The van der Waals surface area contributed by atoms with Gasteiger partial charge in [0.05, 0.1) is 18.5 Å². The highest BCUT2D eigenvalue weighted by atomic mass is 16.5. The van der Waals surface area contributed by atoms with Crippen LogP contribution in [0.15, 0.2) is 36.7 Å². The van der Waals surface area contributed by atoms with Gasteiger partial charge in [0, 0.05) is 25.5 Å². The van der Waals surface area contributed by atoms with Crippen LogP contribution in [0, 0.1) is 12.8 Å². The molecule has 188 valence electrons. The molecule has 2 heterocycles. The maximum atomic E-state index is 13.0. The van der Waals surface area contributed by atoms with E-state index in [1.807, 2.05) is 25.3 Å². The van der Waals surface area contributed by atoms with E-state index in [4.69, 9.17) is 4.74 Å². The second-order valence-electron chi connectivity index (χ2n) is 8.61. The van der Waals surface area contributed by atoms with Gasteiger partial charge in [-0.05, 0) is 25.0 Å². The summed E-state index contributed by atoms with van der Waals surface area (Å²) in [6.45, 7) is 6.57. The average Bonchev–Trinajstić information content (AvgIpc) is 3.23. The molecule has 0 unspecified atom stereocenters. The number of hydrogen-bond donors (Lipinski definition) is 4. The Morgan fingerprint density at radius 1 is 1.23 bits per heavy atom. The molecule has 1 aliphatic rings. The number of ether oxygens (including phenoxy) is 1. The third kappa shape index (κ3) is 7.05. The number of amides is 4. The molecule has 0 saturated carbocycles. The lowest BCUT2D eigenvalue weighted by Gasteiger charge is -2.24. The molecular weight excluding hydrogens is 452 g/mol. The summed E-state index contributed by atoms with van der Waals surface area (Å²) in [7, 11) is 0. The van der Waals surface area contributed by atoms with Gasteiger partial charge in [-0.3, -0.25) is 19.2 Å². The quantitative estimate of drug-likeness (QED) is 0.476. The van der Waals surface area contributed by atoms with Crippen LogP contribution in [0.25, 0.3) is 0 Å². The second-order valence-corrected chi connectivity index (χ2v) is 8.61. The number of benzene rings is 1. The lowest BCUT2D eigenvalue weighted by Crippen LogP contribution is -2.54. The lowest BCUT2D eigenvalue weighted by molar-refractivity contribution is -0.131. The Morgan fingerprint density at radius 2 is 2.00 bits per heavy atom. The number of para-hydroxylation sites is 1.